The molecule has 1 amide bonds. The maximum atomic E-state index is 12.2. The van der Waals surface area contributed by atoms with Crippen LogP contribution < -0.4 is 5.32 Å². The second-order valence-corrected chi connectivity index (χ2v) is 4.59. The van der Waals surface area contributed by atoms with Gasteiger partial charge in [0.15, 0.2) is 0 Å². The molecule has 2 aromatic carbocycles. The summed E-state index contributed by atoms with van der Waals surface area (Å²) in [5.41, 5.74) is 2.35. The highest BCUT2D eigenvalue weighted by molar-refractivity contribution is 6.08. The Labute approximate surface area is 123 Å². The number of para-hydroxylation sites is 1. The first-order chi connectivity index (χ1) is 10.1. The Balaban J connectivity index is 2.23. The van der Waals surface area contributed by atoms with Gasteiger partial charge in [0.1, 0.15) is 0 Å². The van der Waals surface area contributed by atoms with Gasteiger partial charge >= 0.3 is 5.97 Å². The van der Waals surface area contributed by atoms with Crippen LogP contribution in [0, 0.1) is 6.92 Å². The quantitative estimate of drug-likeness (QED) is 0.875. The summed E-state index contributed by atoms with van der Waals surface area (Å²) in [6, 6.07) is 14.1. The molecule has 0 heterocycles. The average molecular weight is 283 g/mol. The summed E-state index contributed by atoms with van der Waals surface area (Å²) in [5.74, 6) is -0.701. The standard InChI is InChI=1S/C17H17NO3/c1-3-21-17(20)14-9-4-5-10-15(14)18-16(19)13-8-6-7-12(2)11-13/h4-11H,3H2,1-2H3,(H,18,19). The molecule has 4 heteroatoms. The van der Waals surface area contributed by atoms with E-state index < -0.39 is 5.97 Å². The van der Waals surface area contributed by atoms with Gasteiger partial charge in [-0.1, -0.05) is 29.8 Å². The van der Waals surface area contributed by atoms with Gasteiger partial charge in [-0.05, 0) is 38.1 Å². The minimum Gasteiger partial charge on any atom is -0.462 e. The van der Waals surface area contributed by atoms with Gasteiger partial charge in [-0.15, -0.1) is 0 Å². The fraction of sp³-hybridized carbons (Fsp3) is 0.176. The Bertz CT molecular complexity index is 665. The summed E-state index contributed by atoms with van der Waals surface area (Å²) in [6.07, 6.45) is 0. The molecule has 2 rings (SSSR count). The van der Waals surface area contributed by atoms with Gasteiger partial charge < -0.3 is 10.1 Å². The largest absolute Gasteiger partial charge is 0.462 e. The molecule has 0 spiro atoms. The number of aryl methyl sites for hydroxylation is 1. The van der Waals surface area contributed by atoms with E-state index in [2.05, 4.69) is 5.32 Å². The predicted octanol–water partition coefficient (Wildman–Crippen LogP) is 3.42. The molecule has 0 unspecified atom stereocenters. The van der Waals surface area contributed by atoms with Crippen LogP contribution in [0.5, 0.6) is 0 Å². The van der Waals surface area contributed by atoms with Crippen LogP contribution in [0.1, 0.15) is 33.2 Å². The SMILES string of the molecule is CCOC(=O)c1ccccc1NC(=O)c1cccc(C)c1. The summed E-state index contributed by atoms with van der Waals surface area (Å²) in [4.78, 5) is 24.1. The first-order valence-corrected chi connectivity index (χ1v) is 6.76. The van der Waals surface area contributed by atoms with Crippen molar-refractivity contribution < 1.29 is 14.3 Å². The molecule has 0 radical (unpaired) electrons. The molecule has 0 saturated carbocycles. The van der Waals surface area contributed by atoms with Crippen LogP contribution in [-0.2, 0) is 4.74 Å². The third kappa shape index (κ3) is 3.69. The summed E-state index contributed by atoms with van der Waals surface area (Å²) >= 11 is 0. The maximum Gasteiger partial charge on any atom is 0.340 e. The Morgan fingerprint density at radius 1 is 1.10 bits per heavy atom. The van der Waals surface area contributed by atoms with E-state index in [0.717, 1.165) is 5.56 Å². The lowest BCUT2D eigenvalue weighted by Crippen LogP contribution is -2.16. The minimum absolute atomic E-state index is 0.254. The van der Waals surface area contributed by atoms with Gasteiger partial charge in [-0.25, -0.2) is 4.79 Å². The summed E-state index contributed by atoms with van der Waals surface area (Å²) in [6.45, 7) is 3.95. The summed E-state index contributed by atoms with van der Waals surface area (Å²) in [7, 11) is 0. The highest BCUT2D eigenvalue weighted by Gasteiger charge is 2.14. The second-order valence-electron chi connectivity index (χ2n) is 4.59. The first-order valence-electron chi connectivity index (χ1n) is 6.76. The highest BCUT2D eigenvalue weighted by atomic mass is 16.5. The van der Waals surface area contributed by atoms with Crippen LogP contribution in [0.25, 0.3) is 0 Å². The zero-order valence-corrected chi connectivity index (χ0v) is 12.1. The second kappa shape index (κ2) is 6.70. The topological polar surface area (TPSA) is 55.4 Å². The number of esters is 1. The third-order valence-corrected chi connectivity index (χ3v) is 2.95. The van der Waals surface area contributed by atoms with Crippen molar-refractivity contribution in [1.82, 2.24) is 0 Å². The molecule has 0 aromatic heterocycles. The van der Waals surface area contributed by atoms with Crippen LogP contribution in [0.4, 0.5) is 5.69 Å². The molecule has 1 N–H and O–H groups in total. The van der Waals surface area contributed by atoms with E-state index in [0.29, 0.717) is 23.4 Å². The summed E-state index contributed by atoms with van der Waals surface area (Å²) < 4.78 is 4.98. The Morgan fingerprint density at radius 2 is 1.86 bits per heavy atom. The molecule has 0 atom stereocenters. The van der Waals surface area contributed by atoms with Crippen LogP contribution in [-0.4, -0.2) is 18.5 Å². The number of carbonyl (C=O) groups excluding carboxylic acids is 2. The number of ether oxygens (including phenoxy) is 1. The molecule has 0 aliphatic rings. The van der Waals surface area contributed by atoms with Crippen LogP contribution in [0.15, 0.2) is 48.5 Å². The van der Waals surface area contributed by atoms with Gasteiger partial charge in [0, 0.05) is 5.56 Å². The monoisotopic (exact) mass is 283 g/mol. The third-order valence-electron chi connectivity index (χ3n) is 2.95. The number of benzene rings is 2. The van der Waals surface area contributed by atoms with E-state index in [1.54, 1.807) is 43.3 Å². The Morgan fingerprint density at radius 3 is 2.57 bits per heavy atom. The number of hydrogen-bond acceptors (Lipinski definition) is 3. The number of carbonyl (C=O) groups is 2. The molecule has 2 aromatic rings. The fourth-order valence-corrected chi connectivity index (χ4v) is 1.96. The molecule has 0 bridgehead atoms. The van der Waals surface area contributed by atoms with E-state index in [4.69, 9.17) is 4.74 Å². The van der Waals surface area contributed by atoms with Crippen molar-refractivity contribution in [1.29, 1.82) is 0 Å². The van der Waals surface area contributed by atoms with Gasteiger partial charge in [0.25, 0.3) is 5.91 Å². The molecule has 4 nitrogen and oxygen atoms in total. The van der Waals surface area contributed by atoms with Crippen LogP contribution in [0.2, 0.25) is 0 Å². The van der Waals surface area contributed by atoms with Gasteiger partial charge in [0.2, 0.25) is 0 Å². The van der Waals surface area contributed by atoms with Crippen LogP contribution in [0.3, 0.4) is 0 Å². The zero-order valence-electron chi connectivity index (χ0n) is 12.1. The Kier molecular flexibility index (Phi) is 4.72. The fourth-order valence-electron chi connectivity index (χ4n) is 1.96. The zero-order chi connectivity index (χ0) is 15.2. The number of amides is 1. The van der Waals surface area contributed by atoms with E-state index in [1.807, 2.05) is 19.1 Å². The van der Waals surface area contributed by atoms with Crippen molar-refractivity contribution >= 4 is 17.6 Å². The lowest BCUT2D eigenvalue weighted by Gasteiger charge is -2.10. The number of anilines is 1. The van der Waals surface area contributed by atoms with Gasteiger partial charge in [-0.2, -0.15) is 0 Å². The smallest absolute Gasteiger partial charge is 0.340 e. The van der Waals surface area contributed by atoms with Crippen LogP contribution >= 0.6 is 0 Å². The van der Waals surface area contributed by atoms with E-state index in [-0.39, 0.29) is 5.91 Å². The average Bonchev–Trinajstić information content (AvgIpc) is 2.48. The number of nitrogens with one attached hydrogen (secondary N) is 1. The molecule has 21 heavy (non-hydrogen) atoms. The van der Waals surface area contributed by atoms with Crippen molar-refractivity contribution in [2.24, 2.45) is 0 Å². The van der Waals surface area contributed by atoms with Crippen molar-refractivity contribution in [3.63, 3.8) is 0 Å². The number of rotatable bonds is 4. The molecule has 0 saturated heterocycles. The predicted molar refractivity (Wildman–Crippen MR) is 81.5 cm³/mol. The van der Waals surface area contributed by atoms with E-state index >= 15 is 0 Å². The molecule has 108 valence electrons. The van der Waals surface area contributed by atoms with Crippen molar-refractivity contribution in [3.05, 3.63) is 65.2 Å². The molecular weight excluding hydrogens is 266 g/mol. The molecule has 0 fully saturated rings. The van der Waals surface area contributed by atoms with Crippen molar-refractivity contribution in [2.75, 3.05) is 11.9 Å². The summed E-state index contributed by atoms with van der Waals surface area (Å²) in [5, 5.41) is 2.75. The van der Waals surface area contributed by atoms with E-state index in [9.17, 15) is 9.59 Å². The van der Waals surface area contributed by atoms with E-state index in [1.165, 1.54) is 0 Å². The maximum absolute atomic E-state index is 12.2. The highest BCUT2D eigenvalue weighted by Crippen LogP contribution is 2.17. The number of hydrogen-bond donors (Lipinski definition) is 1. The van der Waals surface area contributed by atoms with Gasteiger partial charge in [0.05, 0.1) is 17.9 Å². The lowest BCUT2D eigenvalue weighted by atomic mass is 10.1. The first kappa shape index (κ1) is 14.8. The lowest BCUT2D eigenvalue weighted by molar-refractivity contribution is 0.0527. The minimum atomic E-state index is -0.447. The van der Waals surface area contributed by atoms with Gasteiger partial charge in [-0.3, -0.25) is 4.79 Å². The normalized spacial score (nSPS) is 10.0. The Hall–Kier alpha value is -2.62. The van der Waals surface area contributed by atoms with Crippen molar-refractivity contribution in [2.45, 2.75) is 13.8 Å². The molecule has 0 aliphatic heterocycles. The molecular formula is C17H17NO3. The molecule has 0 aliphatic carbocycles. The van der Waals surface area contributed by atoms with Crippen molar-refractivity contribution in [3.8, 4) is 0 Å².